The number of ether oxygens (including phenoxy) is 1. The number of hydrogen-bond donors (Lipinski definition) is 3. The number of anilines is 1. The molecule has 1 aliphatic rings. The maximum absolute atomic E-state index is 14.8. The van der Waals surface area contributed by atoms with Crippen LogP contribution in [0.1, 0.15) is 13.8 Å². The lowest BCUT2D eigenvalue weighted by Gasteiger charge is -2.26. The predicted octanol–water partition coefficient (Wildman–Crippen LogP) is 4.46. The van der Waals surface area contributed by atoms with Gasteiger partial charge in [-0.25, -0.2) is 14.6 Å². The molecule has 0 aliphatic carbocycles. The second-order valence-corrected chi connectivity index (χ2v) is 8.37. The summed E-state index contributed by atoms with van der Waals surface area (Å²) in [5.74, 6) is -2.30. The molecule has 4 rings (SSSR count). The number of carbonyl (C=O) groups is 1. The highest BCUT2D eigenvalue weighted by Crippen LogP contribution is 2.31. The molecule has 11 heteroatoms. The Bertz CT molecular complexity index is 1300. The van der Waals surface area contributed by atoms with Crippen molar-refractivity contribution >= 4 is 11.7 Å². The maximum atomic E-state index is 14.8. The number of allylic oxidation sites excluding steroid dienone is 2. The van der Waals surface area contributed by atoms with E-state index in [4.69, 9.17) is 9.84 Å². The number of nitrogens with zero attached hydrogens (tertiary/aromatic N) is 4. The molecule has 1 aliphatic heterocycles. The van der Waals surface area contributed by atoms with Gasteiger partial charge < -0.3 is 15.2 Å². The molecule has 9 nitrogen and oxygen atoms in total. The van der Waals surface area contributed by atoms with Crippen LogP contribution in [0, 0.1) is 17.6 Å². The molecule has 2 amide bonds. The molecule has 0 radical (unpaired) electrons. The van der Waals surface area contributed by atoms with Gasteiger partial charge in [0.15, 0.2) is 11.6 Å². The van der Waals surface area contributed by atoms with Crippen molar-refractivity contribution < 1.29 is 23.4 Å². The average molecular weight is 497 g/mol. The van der Waals surface area contributed by atoms with Crippen LogP contribution in [0.3, 0.4) is 0 Å². The number of nitrogens with one attached hydrogen (secondary N) is 2. The number of aliphatic hydroxyl groups excluding tert-OH is 1. The van der Waals surface area contributed by atoms with E-state index in [0.29, 0.717) is 30.3 Å². The van der Waals surface area contributed by atoms with Gasteiger partial charge in [0.05, 0.1) is 37.3 Å². The largest absolute Gasteiger partial charge is 0.454 e. The molecule has 0 fully saturated rings. The first-order chi connectivity index (χ1) is 17.3. The maximum Gasteiger partial charge on any atom is 0.338 e. The molecule has 1 aromatic carbocycles. The Morgan fingerprint density at radius 3 is 2.86 bits per heavy atom. The number of carbonyl (C=O) groups excluding carboxylic acids is 1. The summed E-state index contributed by atoms with van der Waals surface area (Å²) in [5, 5.41) is 17.0. The van der Waals surface area contributed by atoms with Gasteiger partial charge in [0.2, 0.25) is 5.82 Å². The van der Waals surface area contributed by atoms with E-state index in [2.05, 4.69) is 20.8 Å². The number of hydrogen-bond acceptors (Lipinski definition) is 6. The summed E-state index contributed by atoms with van der Waals surface area (Å²) >= 11 is 0. The number of benzene rings is 1. The Hall–Kier alpha value is -4.25. The van der Waals surface area contributed by atoms with Gasteiger partial charge in [-0.05, 0) is 35.8 Å². The standard InChI is InChI=1S/C25H26F2N6O3/c1-16(2)17-4-3-9-33(14-17)31-25(35)30-20-5-6-22(24(27)23(20)26)36-19-7-8-28-21(12-19)18-13-29-32(15-18)10-11-34/h3-9,12-13,15-16,34H,10-11,14H2,1-2H3,(H2,30,31,35). The van der Waals surface area contributed by atoms with Crippen molar-refractivity contribution in [1.29, 1.82) is 0 Å². The van der Waals surface area contributed by atoms with Crippen LogP contribution >= 0.6 is 0 Å². The van der Waals surface area contributed by atoms with Crippen LogP contribution in [-0.2, 0) is 6.54 Å². The van der Waals surface area contributed by atoms with Crippen LogP contribution in [0.4, 0.5) is 19.3 Å². The summed E-state index contributed by atoms with van der Waals surface area (Å²) in [7, 11) is 0. The SMILES string of the molecule is CC(C)C1=CC=CN(NC(=O)Nc2ccc(Oc3ccnc(-c4cnn(CCO)c4)c3)c(F)c2F)C1. The van der Waals surface area contributed by atoms with Crippen LogP contribution in [0.15, 0.2) is 66.8 Å². The van der Waals surface area contributed by atoms with E-state index in [-0.39, 0.29) is 23.8 Å². The third-order valence-electron chi connectivity index (χ3n) is 5.43. The summed E-state index contributed by atoms with van der Waals surface area (Å²) in [6.07, 6.45) is 10.2. The first-order valence-corrected chi connectivity index (χ1v) is 11.3. The zero-order chi connectivity index (χ0) is 25.7. The Morgan fingerprint density at radius 2 is 2.08 bits per heavy atom. The van der Waals surface area contributed by atoms with Crippen molar-refractivity contribution in [2.24, 2.45) is 5.92 Å². The van der Waals surface area contributed by atoms with Crippen molar-refractivity contribution in [1.82, 2.24) is 25.2 Å². The van der Waals surface area contributed by atoms with Crippen molar-refractivity contribution in [2.45, 2.75) is 20.4 Å². The number of aromatic nitrogens is 3. The van der Waals surface area contributed by atoms with Gasteiger partial charge >= 0.3 is 6.03 Å². The Kier molecular flexibility index (Phi) is 7.59. The van der Waals surface area contributed by atoms with Crippen LogP contribution < -0.4 is 15.5 Å². The molecule has 3 aromatic rings. The number of aliphatic hydroxyl groups is 1. The van der Waals surface area contributed by atoms with Crippen LogP contribution in [0.5, 0.6) is 11.5 Å². The number of rotatable bonds is 8. The van der Waals surface area contributed by atoms with E-state index < -0.39 is 17.7 Å². The van der Waals surface area contributed by atoms with Crippen molar-refractivity contribution in [2.75, 3.05) is 18.5 Å². The van der Waals surface area contributed by atoms with Crippen LogP contribution in [0.2, 0.25) is 0 Å². The average Bonchev–Trinajstić information content (AvgIpc) is 3.33. The van der Waals surface area contributed by atoms with Gasteiger partial charge in [-0.15, -0.1) is 0 Å². The van der Waals surface area contributed by atoms with Gasteiger partial charge in [0, 0.05) is 30.2 Å². The van der Waals surface area contributed by atoms with E-state index in [1.807, 2.05) is 19.9 Å². The summed E-state index contributed by atoms with van der Waals surface area (Å²) in [6.45, 7) is 4.86. The number of amides is 2. The highest BCUT2D eigenvalue weighted by molar-refractivity contribution is 5.89. The van der Waals surface area contributed by atoms with E-state index in [1.165, 1.54) is 24.4 Å². The number of pyridine rings is 1. The van der Waals surface area contributed by atoms with Gasteiger partial charge in [0.25, 0.3) is 0 Å². The third-order valence-corrected chi connectivity index (χ3v) is 5.43. The quantitative estimate of drug-likeness (QED) is 0.426. The molecule has 2 aromatic heterocycles. The number of urea groups is 1. The Labute approximate surface area is 206 Å². The third kappa shape index (κ3) is 5.87. The summed E-state index contributed by atoms with van der Waals surface area (Å²) in [5.41, 5.74) is 4.56. The molecule has 0 saturated carbocycles. The van der Waals surface area contributed by atoms with Gasteiger partial charge in [-0.2, -0.15) is 9.49 Å². The molecule has 0 spiro atoms. The van der Waals surface area contributed by atoms with Gasteiger partial charge in [-0.1, -0.05) is 19.9 Å². The fourth-order valence-corrected chi connectivity index (χ4v) is 3.49. The highest BCUT2D eigenvalue weighted by atomic mass is 19.2. The lowest BCUT2D eigenvalue weighted by Crippen LogP contribution is -2.43. The van der Waals surface area contributed by atoms with Crippen LogP contribution in [0.25, 0.3) is 11.3 Å². The second-order valence-electron chi connectivity index (χ2n) is 8.37. The van der Waals surface area contributed by atoms with E-state index in [9.17, 15) is 13.6 Å². The highest BCUT2D eigenvalue weighted by Gasteiger charge is 2.19. The van der Waals surface area contributed by atoms with E-state index >= 15 is 0 Å². The normalized spacial score (nSPS) is 13.1. The monoisotopic (exact) mass is 496 g/mol. The smallest absolute Gasteiger partial charge is 0.338 e. The topological polar surface area (TPSA) is 105 Å². The fraction of sp³-hybridized carbons (Fsp3) is 0.240. The minimum atomic E-state index is -1.25. The van der Waals surface area contributed by atoms with Crippen LogP contribution in [-0.4, -0.2) is 44.1 Å². The summed E-state index contributed by atoms with van der Waals surface area (Å²) in [4.78, 5) is 16.6. The minimum absolute atomic E-state index is 0.0548. The molecule has 0 unspecified atom stereocenters. The molecule has 0 saturated heterocycles. The van der Waals surface area contributed by atoms with Crippen molar-refractivity contribution in [3.8, 4) is 22.8 Å². The van der Waals surface area contributed by atoms with E-state index in [0.717, 1.165) is 5.57 Å². The van der Waals surface area contributed by atoms with Crippen molar-refractivity contribution in [3.63, 3.8) is 0 Å². The van der Waals surface area contributed by atoms with E-state index in [1.54, 1.807) is 40.4 Å². The first kappa shape index (κ1) is 24.9. The Morgan fingerprint density at radius 1 is 1.25 bits per heavy atom. The molecule has 188 valence electrons. The summed E-state index contributed by atoms with van der Waals surface area (Å²) < 4.78 is 36.6. The Balaban J connectivity index is 1.42. The number of hydrazine groups is 1. The molecule has 36 heavy (non-hydrogen) atoms. The molecular weight excluding hydrogens is 470 g/mol. The lowest BCUT2D eigenvalue weighted by atomic mass is 10.0. The first-order valence-electron chi connectivity index (χ1n) is 11.3. The van der Waals surface area contributed by atoms with Crippen molar-refractivity contribution in [3.05, 3.63) is 78.4 Å². The van der Waals surface area contributed by atoms with Gasteiger partial charge in [-0.3, -0.25) is 14.7 Å². The molecule has 3 heterocycles. The summed E-state index contributed by atoms with van der Waals surface area (Å²) in [6, 6.07) is 4.80. The molecule has 3 N–H and O–H groups in total. The zero-order valence-corrected chi connectivity index (χ0v) is 19.8. The second kappa shape index (κ2) is 11.0. The fourth-order valence-electron chi connectivity index (χ4n) is 3.49. The predicted molar refractivity (Wildman–Crippen MR) is 130 cm³/mol. The van der Waals surface area contributed by atoms with Gasteiger partial charge in [0.1, 0.15) is 5.75 Å². The number of halogens is 2. The molecule has 0 atom stereocenters. The molecule has 0 bridgehead atoms. The zero-order valence-electron chi connectivity index (χ0n) is 19.8. The minimum Gasteiger partial charge on any atom is -0.454 e. The lowest BCUT2D eigenvalue weighted by molar-refractivity contribution is 0.223. The molecular formula is C25H26F2N6O3.